The van der Waals surface area contributed by atoms with Crippen LogP contribution in [0.4, 0.5) is 0 Å². The van der Waals surface area contributed by atoms with E-state index in [0.29, 0.717) is 31.0 Å². The highest BCUT2D eigenvalue weighted by Gasteiger charge is 2.10. The van der Waals surface area contributed by atoms with Gasteiger partial charge in [-0.3, -0.25) is 4.79 Å². The molecule has 0 saturated carbocycles. The first kappa shape index (κ1) is 20.3. The molecule has 3 aromatic rings. The van der Waals surface area contributed by atoms with Crippen LogP contribution < -0.4 is 9.54 Å². The summed E-state index contributed by atoms with van der Waals surface area (Å²) in [5.41, 5.74) is 4.43. The summed E-state index contributed by atoms with van der Waals surface area (Å²) < 4.78 is 13.9. The van der Waals surface area contributed by atoms with Crippen molar-refractivity contribution in [3.05, 3.63) is 57.9 Å². The summed E-state index contributed by atoms with van der Waals surface area (Å²) in [6.45, 7) is 7.98. The van der Waals surface area contributed by atoms with E-state index in [1.807, 2.05) is 41.8 Å². The third-order valence-electron chi connectivity index (χ3n) is 4.70. The van der Waals surface area contributed by atoms with Crippen LogP contribution in [0, 0.1) is 13.8 Å². The average molecular weight is 399 g/mol. The number of aryl methyl sites for hydroxylation is 2. The first-order valence-corrected chi connectivity index (χ1v) is 10.2. The molecule has 28 heavy (non-hydrogen) atoms. The van der Waals surface area contributed by atoms with Crippen molar-refractivity contribution < 1.29 is 14.3 Å². The average Bonchev–Trinajstić information content (AvgIpc) is 3.01. The molecule has 0 unspecified atom stereocenters. The van der Waals surface area contributed by atoms with E-state index >= 15 is 0 Å². The van der Waals surface area contributed by atoms with Gasteiger partial charge in [-0.1, -0.05) is 29.5 Å². The molecule has 1 amide bonds. The van der Waals surface area contributed by atoms with Gasteiger partial charge in [0.1, 0.15) is 5.75 Å². The van der Waals surface area contributed by atoms with Gasteiger partial charge in [0.2, 0.25) is 0 Å². The SMILES string of the molecule is CCOCCn1c(=NC(=O)Cc2ccc(C)c(C)c2)sc2cc(OC)ccc21. The van der Waals surface area contributed by atoms with Crippen molar-refractivity contribution in [2.75, 3.05) is 20.3 Å². The van der Waals surface area contributed by atoms with Crippen LogP contribution in [-0.4, -0.2) is 30.8 Å². The van der Waals surface area contributed by atoms with Crippen LogP contribution in [0.15, 0.2) is 41.4 Å². The lowest BCUT2D eigenvalue weighted by molar-refractivity contribution is -0.117. The second kappa shape index (κ2) is 9.17. The number of thiazole rings is 1. The van der Waals surface area contributed by atoms with E-state index in [1.54, 1.807) is 7.11 Å². The lowest BCUT2D eigenvalue weighted by atomic mass is 10.0. The molecule has 0 aliphatic carbocycles. The van der Waals surface area contributed by atoms with Crippen molar-refractivity contribution in [1.29, 1.82) is 0 Å². The van der Waals surface area contributed by atoms with Gasteiger partial charge in [0.15, 0.2) is 4.80 Å². The maximum Gasteiger partial charge on any atom is 0.252 e. The quantitative estimate of drug-likeness (QED) is 0.565. The summed E-state index contributed by atoms with van der Waals surface area (Å²) in [4.78, 5) is 17.7. The number of hydrogen-bond acceptors (Lipinski definition) is 4. The van der Waals surface area contributed by atoms with Crippen molar-refractivity contribution in [3.63, 3.8) is 0 Å². The van der Waals surface area contributed by atoms with E-state index in [2.05, 4.69) is 24.9 Å². The number of aromatic nitrogens is 1. The zero-order chi connectivity index (χ0) is 20.1. The molecular formula is C22H26N2O3S. The molecule has 6 heteroatoms. The van der Waals surface area contributed by atoms with Crippen LogP contribution >= 0.6 is 11.3 Å². The van der Waals surface area contributed by atoms with Crippen LogP contribution in [0.2, 0.25) is 0 Å². The summed E-state index contributed by atoms with van der Waals surface area (Å²) in [5, 5.41) is 0. The van der Waals surface area contributed by atoms with Crippen molar-refractivity contribution >= 4 is 27.5 Å². The van der Waals surface area contributed by atoms with Crippen LogP contribution in [0.3, 0.4) is 0 Å². The molecule has 1 heterocycles. The van der Waals surface area contributed by atoms with E-state index in [4.69, 9.17) is 9.47 Å². The van der Waals surface area contributed by atoms with Crippen molar-refractivity contribution in [3.8, 4) is 5.75 Å². The lowest BCUT2D eigenvalue weighted by Gasteiger charge is -2.06. The molecule has 148 valence electrons. The zero-order valence-corrected chi connectivity index (χ0v) is 17.6. The van der Waals surface area contributed by atoms with Crippen LogP contribution in [0.25, 0.3) is 10.2 Å². The fourth-order valence-electron chi connectivity index (χ4n) is 3.02. The number of benzene rings is 2. The molecule has 0 spiro atoms. The number of ether oxygens (including phenoxy) is 2. The monoisotopic (exact) mass is 398 g/mol. The number of carbonyl (C=O) groups is 1. The summed E-state index contributed by atoms with van der Waals surface area (Å²) in [6, 6.07) is 12.0. The van der Waals surface area contributed by atoms with Crippen molar-refractivity contribution in [2.24, 2.45) is 4.99 Å². The van der Waals surface area contributed by atoms with E-state index in [0.717, 1.165) is 21.5 Å². The Morgan fingerprint density at radius 1 is 1.14 bits per heavy atom. The Balaban J connectivity index is 1.95. The second-order valence-electron chi connectivity index (χ2n) is 6.67. The lowest BCUT2D eigenvalue weighted by Crippen LogP contribution is -2.20. The topological polar surface area (TPSA) is 52.8 Å². The normalized spacial score (nSPS) is 11.9. The van der Waals surface area contributed by atoms with Gasteiger partial charge < -0.3 is 14.0 Å². The molecule has 3 rings (SSSR count). The maximum absolute atomic E-state index is 12.6. The van der Waals surface area contributed by atoms with Gasteiger partial charge in [0, 0.05) is 13.2 Å². The summed E-state index contributed by atoms with van der Waals surface area (Å²) >= 11 is 1.50. The number of nitrogens with zero attached hydrogens (tertiary/aromatic N) is 2. The smallest absolute Gasteiger partial charge is 0.252 e. The predicted octanol–water partition coefficient (Wildman–Crippen LogP) is 4.03. The number of hydrogen-bond donors (Lipinski definition) is 0. The highest BCUT2D eigenvalue weighted by Crippen LogP contribution is 2.23. The Hall–Kier alpha value is -2.44. The number of amides is 1. The van der Waals surface area contributed by atoms with Gasteiger partial charge >= 0.3 is 0 Å². The Labute approximate surface area is 169 Å². The fraction of sp³-hybridized carbons (Fsp3) is 0.364. The minimum Gasteiger partial charge on any atom is -0.497 e. The molecule has 1 aromatic heterocycles. The van der Waals surface area contributed by atoms with Gasteiger partial charge in [0.25, 0.3) is 5.91 Å². The van der Waals surface area contributed by atoms with E-state index in [9.17, 15) is 4.79 Å². The highest BCUT2D eigenvalue weighted by atomic mass is 32.1. The minimum atomic E-state index is -0.146. The number of fused-ring (bicyclic) bond motifs is 1. The third-order valence-corrected chi connectivity index (χ3v) is 5.74. The van der Waals surface area contributed by atoms with Gasteiger partial charge in [-0.2, -0.15) is 4.99 Å². The molecule has 0 atom stereocenters. The standard InChI is InChI=1S/C22H26N2O3S/c1-5-27-11-10-24-19-9-8-18(26-4)14-20(19)28-22(24)23-21(25)13-17-7-6-15(2)16(3)12-17/h6-9,12,14H,5,10-11,13H2,1-4H3. The summed E-state index contributed by atoms with van der Waals surface area (Å²) in [7, 11) is 1.65. The van der Waals surface area contributed by atoms with Crippen LogP contribution in [-0.2, 0) is 22.5 Å². The molecule has 2 aromatic carbocycles. The molecule has 5 nitrogen and oxygen atoms in total. The highest BCUT2D eigenvalue weighted by molar-refractivity contribution is 7.16. The first-order valence-electron chi connectivity index (χ1n) is 9.40. The number of rotatable bonds is 7. The number of methoxy groups -OCH3 is 1. The molecule has 0 N–H and O–H groups in total. The molecular weight excluding hydrogens is 372 g/mol. The van der Waals surface area contributed by atoms with Gasteiger partial charge in [-0.25, -0.2) is 0 Å². The predicted molar refractivity (Wildman–Crippen MR) is 113 cm³/mol. The summed E-state index contributed by atoms with van der Waals surface area (Å²) in [5.74, 6) is 0.644. The van der Waals surface area contributed by atoms with E-state index < -0.39 is 0 Å². The second-order valence-corrected chi connectivity index (χ2v) is 7.68. The zero-order valence-electron chi connectivity index (χ0n) is 16.8. The molecule has 0 aliphatic heterocycles. The minimum absolute atomic E-state index is 0.146. The molecule has 0 saturated heterocycles. The Kier molecular flexibility index (Phi) is 6.65. The molecule has 0 fully saturated rings. The molecule has 0 bridgehead atoms. The van der Waals surface area contributed by atoms with E-state index in [1.165, 1.54) is 22.5 Å². The van der Waals surface area contributed by atoms with Crippen LogP contribution in [0.5, 0.6) is 5.75 Å². The maximum atomic E-state index is 12.6. The summed E-state index contributed by atoms with van der Waals surface area (Å²) in [6.07, 6.45) is 0.296. The van der Waals surface area contributed by atoms with Gasteiger partial charge in [-0.05, 0) is 55.7 Å². The molecule has 0 aliphatic rings. The van der Waals surface area contributed by atoms with Crippen LogP contribution in [0.1, 0.15) is 23.6 Å². The van der Waals surface area contributed by atoms with E-state index in [-0.39, 0.29) is 5.91 Å². The Morgan fingerprint density at radius 3 is 2.68 bits per heavy atom. The van der Waals surface area contributed by atoms with Crippen molar-refractivity contribution in [2.45, 2.75) is 33.7 Å². The first-order chi connectivity index (χ1) is 13.5. The molecule has 0 radical (unpaired) electrons. The fourth-order valence-corrected chi connectivity index (χ4v) is 4.12. The Morgan fingerprint density at radius 2 is 1.96 bits per heavy atom. The van der Waals surface area contributed by atoms with Gasteiger partial charge in [-0.15, -0.1) is 0 Å². The Bertz CT molecular complexity index is 1050. The van der Waals surface area contributed by atoms with Crippen molar-refractivity contribution in [1.82, 2.24) is 4.57 Å². The van der Waals surface area contributed by atoms with Gasteiger partial charge in [0.05, 0.1) is 30.4 Å². The third kappa shape index (κ3) is 4.69. The number of carbonyl (C=O) groups excluding carboxylic acids is 1. The largest absolute Gasteiger partial charge is 0.497 e.